The summed E-state index contributed by atoms with van der Waals surface area (Å²) < 4.78 is 31.0. The summed E-state index contributed by atoms with van der Waals surface area (Å²) in [5.41, 5.74) is 2.30. The van der Waals surface area contributed by atoms with Crippen molar-refractivity contribution in [3.63, 3.8) is 0 Å². The van der Waals surface area contributed by atoms with Crippen LogP contribution in [-0.2, 0) is 10.0 Å². The molecule has 2 aromatic carbocycles. The molecule has 0 saturated carbocycles. The SMILES string of the molecule is C=CC1CN2CCC1CC2C(NS(=O)(=O)c1cccc2cccnc12)c1ccnc2ccccc12. The molecule has 178 valence electrons. The van der Waals surface area contributed by atoms with Crippen LogP contribution in [-0.4, -0.2) is 42.4 Å². The molecule has 3 aliphatic rings. The summed E-state index contributed by atoms with van der Waals surface area (Å²) in [5, 5.41) is 1.78. The van der Waals surface area contributed by atoms with Gasteiger partial charge in [-0.05, 0) is 61.1 Å². The number of nitrogens with one attached hydrogen (secondary N) is 1. The number of hydrogen-bond acceptors (Lipinski definition) is 5. The molecule has 0 spiro atoms. The molecule has 2 bridgehead atoms. The fourth-order valence-electron chi connectivity index (χ4n) is 5.99. The number of nitrogens with zero attached hydrogens (tertiary/aromatic N) is 3. The second-order valence-corrected chi connectivity index (χ2v) is 11.3. The summed E-state index contributed by atoms with van der Waals surface area (Å²) >= 11 is 0. The zero-order valence-electron chi connectivity index (χ0n) is 19.4. The van der Waals surface area contributed by atoms with Crippen molar-refractivity contribution in [2.45, 2.75) is 29.8 Å². The van der Waals surface area contributed by atoms with Gasteiger partial charge in [-0.3, -0.25) is 14.9 Å². The van der Waals surface area contributed by atoms with Crippen LogP contribution in [0.2, 0.25) is 0 Å². The van der Waals surface area contributed by atoms with E-state index >= 15 is 0 Å². The Hall–Kier alpha value is -3.13. The molecule has 6 nitrogen and oxygen atoms in total. The van der Waals surface area contributed by atoms with E-state index in [9.17, 15) is 8.42 Å². The molecular weight excluding hydrogens is 456 g/mol. The lowest BCUT2D eigenvalue weighted by atomic mass is 9.73. The first-order chi connectivity index (χ1) is 17.0. The van der Waals surface area contributed by atoms with Crippen molar-refractivity contribution >= 4 is 31.8 Å². The fourth-order valence-corrected chi connectivity index (χ4v) is 7.41. The molecule has 4 aromatic rings. The van der Waals surface area contributed by atoms with Crippen LogP contribution in [0.15, 0.2) is 90.6 Å². The van der Waals surface area contributed by atoms with Crippen LogP contribution in [0.5, 0.6) is 0 Å². The van der Waals surface area contributed by atoms with Gasteiger partial charge in [-0.2, -0.15) is 0 Å². The van der Waals surface area contributed by atoms with Gasteiger partial charge in [-0.25, -0.2) is 13.1 Å². The molecule has 5 unspecified atom stereocenters. The largest absolute Gasteiger partial charge is 0.298 e. The number of sulfonamides is 1. The van der Waals surface area contributed by atoms with Crippen molar-refractivity contribution in [3.8, 4) is 0 Å². The maximum absolute atomic E-state index is 13.9. The molecule has 35 heavy (non-hydrogen) atoms. The van der Waals surface area contributed by atoms with E-state index in [1.807, 2.05) is 48.5 Å². The molecule has 1 N–H and O–H groups in total. The fraction of sp³-hybridized carbons (Fsp3) is 0.286. The maximum atomic E-state index is 13.9. The Bertz CT molecular complexity index is 1510. The average Bonchev–Trinajstić information content (AvgIpc) is 2.91. The Morgan fingerprint density at radius 3 is 2.71 bits per heavy atom. The first-order valence-corrected chi connectivity index (χ1v) is 13.6. The molecule has 2 aromatic heterocycles. The molecule has 0 aliphatic carbocycles. The normalized spacial score (nSPS) is 25.0. The second kappa shape index (κ2) is 8.82. The van der Waals surface area contributed by atoms with E-state index in [0.717, 1.165) is 47.8 Å². The lowest BCUT2D eigenvalue weighted by Crippen LogP contribution is -2.57. The zero-order chi connectivity index (χ0) is 24.0. The van der Waals surface area contributed by atoms with Gasteiger partial charge in [0.25, 0.3) is 0 Å². The van der Waals surface area contributed by atoms with Gasteiger partial charge in [0.05, 0.1) is 17.1 Å². The summed E-state index contributed by atoms with van der Waals surface area (Å²) in [6.45, 7) is 5.93. The number of para-hydroxylation sites is 2. The topological polar surface area (TPSA) is 75.2 Å². The van der Waals surface area contributed by atoms with E-state index < -0.39 is 16.1 Å². The van der Waals surface area contributed by atoms with E-state index in [2.05, 4.69) is 32.2 Å². The van der Waals surface area contributed by atoms with Crippen molar-refractivity contribution in [1.29, 1.82) is 0 Å². The van der Waals surface area contributed by atoms with Gasteiger partial charge < -0.3 is 0 Å². The lowest BCUT2D eigenvalue weighted by Gasteiger charge is -2.51. The van der Waals surface area contributed by atoms with E-state index in [1.54, 1.807) is 24.5 Å². The minimum atomic E-state index is -3.87. The van der Waals surface area contributed by atoms with Crippen molar-refractivity contribution in [3.05, 3.63) is 91.3 Å². The number of piperidine rings is 3. The van der Waals surface area contributed by atoms with Gasteiger partial charge in [0, 0.05) is 35.8 Å². The molecule has 7 heteroatoms. The highest BCUT2D eigenvalue weighted by molar-refractivity contribution is 7.89. The minimum Gasteiger partial charge on any atom is -0.298 e. The molecule has 3 saturated heterocycles. The highest BCUT2D eigenvalue weighted by Crippen LogP contribution is 2.42. The van der Waals surface area contributed by atoms with Gasteiger partial charge >= 0.3 is 0 Å². The van der Waals surface area contributed by atoms with Gasteiger partial charge in [-0.1, -0.05) is 42.5 Å². The van der Waals surface area contributed by atoms with E-state index in [-0.39, 0.29) is 10.9 Å². The quantitative estimate of drug-likeness (QED) is 0.402. The molecule has 3 fully saturated rings. The molecule has 7 rings (SSSR count). The number of rotatable bonds is 6. The van der Waals surface area contributed by atoms with Crippen LogP contribution in [0, 0.1) is 11.8 Å². The first kappa shape index (κ1) is 22.3. The Labute approximate surface area is 205 Å². The molecular formula is C28H28N4O2S. The van der Waals surface area contributed by atoms with Gasteiger partial charge in [0.15, 0.2) is 0 Å². The van der Waals surface area contributed by atoms with Crippen molar-refractivity contribution in [2.75, 3.05) is 13.1 Å². The number of benzene rings is 2. The number of aromatic nitrogens is 2. The van der Waals surface area contributed by atoms with Crippen LogP contribution in [0.4, 0.5) is 0 Å². The zero-order valence-corrected chi connectivity index (χ0v) is 20.2. The Kier molecular flexibility index (Phi) is 5.63. The van der Waals surface area contributed by atoms with Crippen LogP contribution in [0.25, 0.3) is 21.8 Å². The smallest absolute Gasteiger partial charge is 0.243 e. The monoisotopic (exact) mass is 484 g/mol. The second-order valence-electron chi connectivity index (χ2n) is 9.59. The average molecular weight is 485 g/mol. The standard InChI is InChI=1S/C28H28N4O2S/c1-2-19-18-32-16-13-21(19)17-25(32)28(23-12-15-29-24-10-4-3-9-22(23)24)31-35(33,34)26-11-5-7-20-8-6-14-30-27(20)26/h2-12,14-15,19,21,25,28,31H,1,13,16-18H2. The third kappa shape index (κ3) is 3.93. The summed E-state index contributed by atoms with van der Waals surface area (Å²) in [5.74, 6) is 0.968. The third-order valence-corrected chi connectivity index (χ3v) is 9.20. The number of hydrogen-bond donors (Lipinski definition) is 1. The maximum Gasteiger partial charge on any atom is 0.243 e. The minimum absolute atomic E-state index is 0.0495. The van der Waals surface area contributed by atoms with Gasteiger partial charge in [0.1, 0.15) is 4.90 Å². The molecule has 0 amide bonds. The van der Waals surface area contributed by atoms with Crippen molar-refractivity contribution in [2.24, 2.45) is 11.8 Å². The summed E-state index contributed by atoms with van der Waals surface area (Å²) in [6.07, 6.45) is 7.53. The highest BCUT2D eigenvalue weighted by atomic mass is 32.2. The predicted octanol–water partition coefficient (Wildman–Crippen LogP) is 4.70. The third-order valence-electron chi connectivity index (χ3n) is 7.72. The molecule has 0 radical (unpaired) electrons. The Morgan fingerprint density at radius 1 is 1.03 bits per heavy atom. The summed E-state index contributed by atoms with van der Waals surface area (Å²) in [4.78, 5) is 11.6. The van der Waals surface area contributed by atoms with Crippen molar-refractivity contribution in [1.82, 2.24) is 19.6 Å². The van der Waals surface area contributed by atoms with E-state index in [4.69, 9.17) is 0 Å². The molecule has 5 atom stereocenters. The van der Waals surface area contributed by atoms with Crippen molar-refractivity contribution < 1.29 is 8.42 Å². The van der Waals surface area contributed by atoms with Crippen LogP contribution in [0.3, 0.4) is 0 Å². The highest BCUT2D eigenvalue weighted by Gasteiger charge is 2.44. The predicted molar refractivity (Wildman–Crippen MR) is 138 cm³/mol. The Balaban J connectivity index is 1.47. The Morgan fingerprint density at radius 2 is 1.89 bits per heavy atom. The number of fused-ring (bicyclic) bond motifs is 5. The molecule has 3 aliphatic heterocycles. The summed E-state index contributed by atoms with van der Waals surface area (Å²) in [6, 6.07) is 18.5. The van der Waals surface area contributed by atoms with Gasteiger partial charge in [-0.15, -0.1) is 6.58 Å². The van der Waals surface area contributed by atoms with Gasteiger partial charge in [0.2, 0.25) is 10.0 Å². The van der Waals surface area contributed by atoms with E-state index in [1.165, 1.54) is 0 Å². The van der Waals surface area contributed by atoms with E-state index in [0.29, 0.717) is 17.4 Å². The van der Waals surface area contributed by atoms with Crippen LogP contribution >= 0.6 is 0 Å². The van der Waals surface area contributed by atoms with Crippen LogP contribution in [0.1, 0.15) is 24.4 Å². The van der Waals surface area contributed by atoms with Crippen LogP contribution < -0.4 is 4.72 Å². The molecule has 5 heterocycles. The lowest BCUT2D eigenvalue weighted by molar-refractivity contribution is 0.00490. The number of pyridine rings is 2. The summed E-state index contributed by atoms with van der Waals surface area (Å²) in [7, 11) is -3.87. The first-order valence-electron chi connectivity index (χ1n) is 12.1.